The molecule has 0 saturated heterocycles. The molecular formula is C23H18NNaO4. The number of ether oxygens (including phenoxy) is 1. The molecular weight excluding hydrogens is 377 g/mol. The van der Waals surface area contributed by atoms with Gasteiger partial charge in [-0.15, -0.1) is 0 Å². The predicted octanol–water partition coefficient (Wildman–Crippen LogP) is -0.0656. The van der Waals surface area contributed by atoms with E-state index in [1.54, 1.807) is 72.7 Å². The van der Waals surface area contributed by atoms with Crippen molar-refractivity contribution in [3.8, 4) is 5.75 Å². The van der Waals surface area contributed by atoms with Crippen molar-refractivity contribution in [2.24, 2.45) is 0 Å². The number of hydrogen-bond acceptors (Lipinski definition) is 4. The molecule has 0 radical (unpaired) electrons. The number of anilines is 1. The Morgan fingerprint density at radius 1 is 0.931 bits per heavy atom. The van der Waals surface area contributed by atoms with Crippen LogP contribution in [0.25, 0.3) is 0 Å². The van der Waals surface area contributed by atoms with E-state index in [2.05, 4.69) is 0 Å². The fraction of sp³-hybridized carbons (Fsp3) is 0.130. The van der Waals surface area contributed by atoms with Crippen LogP contribution < -0.4 is 44.3 Å². The van der Waals surface area contributed by atoms with E-state index in [0.717, 1.165) is 0 Å². The van der Waals surface area contributed by atoms with Crippen molar-refractivity contribution < 1.29 is 49.0 Å². The minimum Gasteiger partial charge on any atom is -0.549 e. The van der Waals surface area contributed by atoms with Gasteiger partial charge in [-0.1, -0.05) is 48.5 Å². The van der Waals surface area contributed by atoms with Gasteiger partial charge in [-0.25, -0.2) is 0 Å². The Hall–Kier alpha value is -2.60. The van der Waals surface area contributed by atoms with Gasteiger partial charge in [-0.3, -0.25) is 9.69 Å². The zero-order chi connectivity index (χ0) is 19.7. The number of aliphatic carboxylic acids is 1. The summed E-state index contributed by atoms with van der Waals surface area (Å²) in [5, 5.41) is 12.2. The van der Waals surface area contributed by atoms with E-state index in [1.807, 2.05) is 18.2 Å². The van der Waals surface area contributed by atoms with Crippen LogP contribution in [0.4, 0.5) is 5.69 Å². The van der Waals surface area contributed by atoms with Crippen molar-refractivity contribution in [1.82, 2.24) is 0 Å². The van der Waals surface area contributed by atoms with Crippen LogP contribution in [-0.4, -0.2) is 19.0 Å². The van der Waals surface area contributed by atoms with E-state index in [0.29, 0.717) is 28.1 Å². The SMILES string of the molecule is COc1ccc(C2C(C(=O)[O-])c3ccccc3C(=O)N2c2ccccc2)cc1.[Na+]. The molecule has 3 aromatic rings. The molecule has 3 aromatic carbocycles. The van der Waals surface area contributed by atoms with Gasteiger partial charge in [-0.05, 0) is 41.5 Å². The summed E-state index contributed by atoms with van der Waals surface area (Å²) >= 11 is 0. The number of carboxylic acids is 1. The number of carbonyl (C=O) groups is 2. The minimum absolute atomic E-state index is 0. The average Bonchev–Trinajstić information content (AvgIpc) is 2.74. The Balaban J connectivity index is 0.00000240. The van der Waals surface area contributed by atoms with Gasteiger partial charge in [0.1, 0.15) is 5.75 Å². The Morgan fingerprint density at radius 3 is 2.17 bits per heavy atom. The number of para-hydroxylation sites is 1. The standard InChI is InChI=1S/C23H19NO4.Na/c1-28-17-13-11-15(12-14-17)21-20(23(26)27)18-9-5-6-10-19(18)22(25)24(21)16-7-3-2-4-8-16;/h2-14,20-21H,1H3,(H,26,27);/q;+1/p-1. The summed E-state index contributed by atoms with van der Waals surface area (Å²) in [6.45, 7) is 0. The molecule has 0 spiro atoms. The van der Waals surface area contributed by atoms with Gasteiger partial charge < -0.3 is 14.6 Å². The van der Waals surface area contributed by atoms with E-state index in [9.17, 15) is 14.7 Å². The van der Waals surface area contributed by atoms with E-state index in [4.69, 9.17) is 4.74 Å². The average molecular weight is 395 g/mol. The van der Waals surface area contributed by atoms with Crippen molar-refractivity contribution in [2.75, 3.05) is 12.0 Å². The monoisotopic (exact) mass is 395 g/mol. The zero-order valence-electron chi connectivity index (χ0n) is 16.2. The number of nitrogens with zero attached hydrogens (tertiary/aromatic N) is 1. The molecule has 0 bridgehead atoms. The summed E-state index contributed by atoms with van der Waals surface area (Å²) in [6.07, 6.45) is 0. The molecule has 4 rings (SSSR count). The van der Waals surface area contributed by atoms with Crippen LogP contribution in [0, 0.1) is 0 Å². The molecule has 0 aromatic heterocycles. The molecule has 29 heavy (non-hydrogen) atoms. The molecule has 1 amide bonds. The number of rotatable bonds is 4. The van der Waals surface area contributed by atoms with E-state index >= 15 is 0 Å². The number of hydrogen-bond donors (Lipinski definition) is 0. The Kier molecular flexibility index (Phi) is 6.42. The smallest absolute Gasteiger partial charge is 0.549 e. The van der Waals surface area contributed by atoms with E-state index in [-0.39, 0.29) is 35.5 Å². The third kappa shape index (κ3) is 3.81. The first-order chi connectivity index (χ1) is 13.6. The van der Waals surface area contributed by atoms with Crippen LogP contribution in [0.3, 0.4) is 0 Å². The van der Waals surface area contributed by atoms with Crippen LogP contribution in [0.2, 0.25) is 0 Å². The summed E-state index contributed by atoms with van der Waals surface area (Å²) < 4.78 is 5.21. The quantitative estimate of drug-likeness (QED) is 0.581. The molecule has 5 nitrogen and oxygen atoms in total. The van der Waals surface area contributed by atoms with Crippen molar-refractivity contribution in [1.29, 1.82) is 0 Å². The first-order valence-electron chi connectivity index (χ1n) is 8.94. The second kappa shape index (κ2) is 8.82. The van der Waals surface area contributed by atoms with Gasteiger partial charge in [0, 0.05) is 17.2 Å². The molecule has 1 aliphatic rings. The molecule has 140 valence electrons. The van der Waals surface area contributed by atoms with Crippen LogP contribution >= 0.6 is 0 Å². The Morgan fingerprint density at radius 2 is 1.55 bits per heavy atom. The molecule has 0 saturated carbocycles. The summed E-state index contributed by atoms with van der Waals surface area (Å²) in [6, 6.07) is 22.3. The summed E-state index contributed by atoms with van der Waals surface area (Å²) in [4.78, 5) is 27.2. The molecule has 1 heterocycles. The third-order valence-electron chi connectivity index (χ3n) is 5.08. The largest absolute Gasteiger partial charge is 1.00 e. The molecule has 2 atom stereocenters. The van der Waals surface area contributed by atoms with Gasteiger partial charge in [0.15, 0.2) is 0 Å². The fourth-order valence-electron chi connectivity index (χ4n) is 3.80. The van der Waals surface area contributed by atoms with Gasteiger partial charge in [0.05, 0.1) is 19.1 Å². The summed E-state index contributed by atoms with van der Waals surface area (Å²) in [5.74, 6) is -1.80. The van der Waals surface area contributed by atoms with Crippen molar-refractivity contribution in [3.63, 3.8) is 0 Å². The van der Waals surface area contributed by atoms with Gasteiger partial charge >= 0.3 is 29.6 Å². The van der Waals surface area contributed by atoms with Crippen molar-refractivity contribution >= 4 is 17.6 Å². The predicted molar refractivity (Wildman–Crippen MR) is 103 cm³/mol. The van der Waals surface area contributed by atoms with Gasteiger partial charge in [0.25, 0.3) is 5.91 Å². The Bertz CT molecular complexity index is 1020. The van der Waals surface area contributed by atoms with Crippen LogP contribution in [0.1, 0.15) is 33.4 Å². The van der Waals surface area contributed by atoms with E-state index < -0.39 is 17.9 Å². The molecule has 2 unspecified atom stereocenters. The number of fused-ring (bicyclic) bond motifs is 1. The van der Waals surface area contributed by atoms with Crippen LogP contribution in [0.5, 0.6) is 5.75 Å². The normalized spacial score (nSPS) is 17.8. The second-order valence-corrected chi connectivity index (χ2v) is 6.61. The minimum atomic E-state index is -1.22. The van der Waals surface area contributed by atoms with Crippen LogP contribution in [-0.2, 0) is 4.79 Å². The summed E-state index contributed by atoms with van der Waals surface area (Å²) in [5.41, 5.74) is 2.18. The maximum absolute atomic E-state index is 13.4. The van der Waals surface area contributed by atoms with Gasteiger partial charge in [0.2, 0.25) is 0 Å². The molecule has 0 fully saturated rings. The third-order valence-corrected chi connectivity index (χ3v) is 5.08. The number of methoxy groups -OCH3 is 1. The number of benzene rings is 3. The van der Waals surface area contributed by atoms with E-state index in [1.165, 1.54) is 0 Å². The zero-order valence-corrected chi connectivity index (χ0v) is 18.2. The molecule has 0 aliphatic carbocycles. The number of amides is 1. The number of carbonyl (C=O) groups excluding carboxylic acids is 2. The fourth-order valence-corrected chi connectivity index (χ4v) is 3.80. The van der Waals surface area contributed by atoms with Crippen LogP contribution in [0.15, 0.2) is 78.9 Å². The summed E-state index contributed by atoms with van der Waals surface area (Å²) in [7, 11) is 1.57. The topological polar surface area (TPSA) is 69.7 Å². The van der Waals surface area contributed by atoms with Gasteiger partial charge in [-0.2, -0.15) is 0 Å². The first-order valence-corrected chi connectivity index (χ1v) is 8.94. The van der Waals surface area contributed by atoms with Crippen molar-refractivity contribution in [2.45, 2.75) is 12.0 Å². The molecule has 1 aliphatic heterocycles. The molecule has 6 heteroatoms. The maximum Gasteiger partial charge on any atom is 1.00 e. The Labute approximate surface area is 191 Å². The number of carboxylic acid groups (broad SMARTS) is 1. The maximum atomic E-state index is 13.4. The van der Waals surface area contributed by atoms with Crippen molar-refractivity contribution in [3.05, 3.63) is 95.6 Å². The first kappa shape index (κ1) is 21.1. The second-order valence-electron chi connectivity index (χ2n) is 6.61. The molecule has 0 N–H and O–H groups in total.